The summed E-state index contributed by atoms with van der Waals surface area (Å²) in [5, 5.41) is 2.74. The van der Waals surface area contributed by atoms with E-state index >= 15 is 0 Å². The van der Waals surface area contributed by atoms with E-state index in [0.717, 1.165) is 32.6 Å². The highest BCUT2D eigenvalue weighted by Gasteiger charge is 2.33. The second-order valence-corrected chi connectivity index (χ2v) is 6.62. The van der Waals surface area contributed by atoms with Gasteiger partial charge in [0.2, 0.25) is 5.91 Å². The van der Waals surface area contributed by atoms with Gasteiger partial charge in [-0.15, -0.1) is 0 Å². The molecule has 0 spiro atoms. The van der Waals surface area contributed by atoms with Crippen LogP contribution in [-0.4, -0.2) is 79.1 Å². The molecule has 7 nitrogen and oxygen atoms in total. The van der Waals surface area contributed by atoms with Gasteiger partial charge in [-0.1, -0.05) is 6.07 Å². The number of nitrogens with one attached hydrogen (secondary N) is 1. The van der Waals surface area contributed by atoms with Crippen molar-refractivity contribution in [2.24, 2.45) is 5.92 Å². The lowest BCUT2D eigenvalue weighted by molar-refractivity contribution is -0.125. The highest BCUT2D eigenvalue weighted by Crippen LogP contribution is 2.20. The van der Waals surface area contributed by atoms with Gasteiger partial charge in [-0.25, -0.2) is 0 Å². The number of carbonyl (C=O) groups excluding carboxylic acids is 2. The number of rotatable bonds is 3. The Bertz CT molecular complexity index is 589. The van der Waals surface area contributed by atoms with E-state index in [2.05, 4.69) is 15.2 Å². The summed E-state index contributed by atoms with van der Waals surface area (Å²) in [7, 11) is 1.65. The minimum atomic E-state index is -0.233. The summed E-state index contributed by atoms with van der Waals surface area (Å²) >= 11 is 0. The average molecular weight is 346 g/mol. The van der Waals surface area contributed by atoms with Crippen LogP contribution in [0.4, 0.5) is 0 Å². The third-order valence-corrected chi connectivity index (χ3v) is 5.05. The van der Waals surface area contributed by atoms with Crippen LogP contribution < -0.4 is 5.32 Å². The van der Waals surface area contributed by atoms with E-state index in [9.17, 15) is 9.59 Å². The molecule has 7 heteroatoms. The maximum atomic E-state index is 12.8. The first kappa shape index (κ1) is 17.8. The molecule has 3 heterocycles. The van der Waals surface area contributed by atoms with Crippen LogP contribution in [0.3, 0.4) is 0 Å². The normalized spacial score (nSPS) is 23.1. The van der Waals surface area contributed by atoms with Crippen molar-refractivity contribution in [3.05, 3.63) is 30.1 Å². The van der Waals surface area contributed by atoms with Crippen molar-refractivity contribution in [1.82, 2.24) is 20.1 Å². The van der Waals surface area contributed by atoms with Crippen molar-refractivity contribution in [2.75, 3.05) is 46.4 Å². The summed E-state index contributed by atoms with van der Waals surface area (Å²) < 4.78 is 5.46. The summed E-state index contributed by atoms with van der Waals surface area (Å²) in [6.45, 7) is 4.02. The van der Waals surface area contributed by atoms with Gasteiger partial charge in [-0.3, -0.25) is 19.5 Å². The topological polar surface area (TPSA) is 74.8 Å². The predicted molar refractivity (Wildman–Crippen MR) is 93.1 cm³/mol. The van der Waals surface area contributed by atoms with E-state index in [1.165, 1.54) is 0 Å². The molecule has 1 aromatic heterocycles. The maximum absolute atomic E-state index is 12.8. The third kappa shape index (κ3) is 4.35. The number of hydrogen-bond acceptors (Lipinski definition) is 5. The Morgan fingerprint density at radius 2 is 2.00 bits per heavy atom. The Morgan fingerprint density at radius 1 is 1.20 bits per heavy atom. The molecule has 25 heavy (non-hydrogen) atoms. The monoisotopic (exact) mass is 346 g/mol. The molecule has 0 saturated carbocycles. The fraction of sp³-hybridized carbons (Fsp3) is 0.611. The number of aromatic nitrogens is 1. The Labute approximate surface area is 148 Å². The third-order valence-electron chi connectivity index (χ3n) is 5.05. The second kappa shape index (κ2) is 8.40. The van der Waals surface area contributed by atoms with Gasteiger partial charge in [0.1, 0.15) is 5.69 Å². The van der Waals surface area contributed by atoms with Crippen LogP contribution in [0.5, 0.6) is 0 Å². The van der Waals surface area contributed by atoms with Crippen LogP contribution >= 0.6 is 0 Å². The Morgan fingerprint density at radius 3 is 2.68 bits per heavy atom. The smallest absolute Gasteiger partial charge is 0.272 e. The summed E-state index contributed by atoms with van der Waals surface area (Å²) in [5.74, 6) is -0.357. The van der Waals surface area contributed by atoms with Gasteiger partial charge in [-0.2, -0.15) is 0 Å². The lowest BCUT2D eigenvalue weighted by atomic mass is 10.0. The van der Waals surface area contributed by atoms with E-state index in [1.807, 2.05) is 6.07 Å². The van der Waals surface area contributed by atoms with Crippen molar-refractivity contribution in [2.45, 2.75) is 18.9 Å². The average Bonchev–Trinajstić information content (AvgIpc) is 2.91. The van der Waals surface area contributed by atoms with Gasteiger partial charge in [0, 0.05) is 58.7 Å². The minimum Gasteiger partial charge on any atom is -0.381 e. The quantitative estimate of drug-likeness (QED) is 0.856. The van der Waals surface area contributed by atoms with Crippen molar-refractivity contribution in [1.29, 1.82) is 0 Å². The Kier molecular flexibility index (Phi) is 5.99. The Balaban J connectivity index is 1.75. The molecule has 3 rings (SSSR count). The molecule has 1 aromatic rings. The van der Waals surface area contributed by atoms with E-state index in [-0.39, 0.29) is 17.7 Å². The van der Waals surface area contributed by atoms with Crippen LogP contribution in [0, 0.1) is 5.92 Å². The fourth-order valence-corrected chi connectivity index (χ4v) is 3.63. The van der Waals surface area contributed by atoms with Crippen LogP contribution in [-0.2, 0) is 9.53 Å². The lowest BCUT2D eigenvalue weighted by Gasteiger charge is -2.34. The van der Waals surface area contributed by atoms with Crippen LogP contribution in [0.1, 0.15) is 23.3 Å². The minimum absolute atomic E-state index is 0.0159. The van der Waals surface area contributed by atoms with Crippen LogP contribution in [0.2, 0.25) is 0 Å². The molecule has 2 saturated heterocycles. The molecule has 2 aliphatic rings. The number of amides is 2. The molecule has 1 atom stereocenters. The fourth-order valence-electron chi connectivity index (χ4n) is 3.63. The zero-order valence-corrected chi connectivity index (χ0v) is 14.7. The zero-order chi connectivity index (χ0) is 17.6. The summed E-state index contributed by atoms with van der Waals surface area (Å²) in [5.41, 5.74) is 0.428. The van der Waals surface area contributed by atoms with Crippen LogP contribution in [0.15, 0.2) is 24.4 Å². The van der Waals surface area contributed by atoms with Crippen molar-refractivity contribution in [3.8, 4) is 0 Å². The van der Waals surface area contributed by atoms with Gasteiger partial charge in [-0.05, 0) is 25.0 Å². The standard InChI is InChI=1S/C18H26N4O3/c1-19-17(23)14-12-21(15-5-10-25-11-6-15)8-9-22(13-14)18(24)16-4-2-3-7-20-16/h2-4,7,14-15H,5-6,8-13H2,1H3,(H,19,23)/t14-/m0/s1. The molecule has 0 unspecified atom stereocenters. The highest BCUT2D eigenvalue weighted by molar-refractivity contribution is 5.92. The molecule has 1 N–H and O–H groups in total. The molecular weight excluding hydrogens is 320 g/mol. The van der Waals surface area contributed by atoms with Gasteiger partial charge in [0.05, 0.1) is 5.92 Å². The second-order valence-electron chi connectivity index (χ2n) is 6.62. The molecule has 0 bridgehead atoms. The molecule has 0 aliphatic carbocycles. The van der Waals surface area contributed by atoms with Gasteiger partial charge in [0.25, 0.3) is 5.91 Å². The molecule has 2 fully saturated rings. The van der Waals surface area contributed by atoms with E-state index in [4.69, 9.17) is 4.74 Å². The first-order valence-electron chi connectivity index (χ1n) is 8.92. The maximum Gasteiger partial charge on any atom is 0.272 e. The molecule has 0 radical (unpaired) electrons. The number of ether oxygens (including phenoxy) is 1. The number of nitrogens with zero attached hydrogens (tertiary/aromatic N) is 3. The summed E-state index contributed by atoms with van der Waals surface area (Å²) in [6, 6.07) is 5.74. The molecular formula is C18H26N4O3. The van der Waals surface area contributed by atoms with E-state index in [0.29, 0.717) is 31.4 Å². The molecule has 2 amide bonds. The van der Waals surface area contributed by atoms with Crippen molar-refractivity contribution in [3.63, 3.8) is 0 Å². The first-order valence-corrected chi connectivity index (χ1v) is 8.92. The Hall–Kier alpha value is -1.99. The molecule has 136 valence electrons. The van der Waals surface area contributed by atoms with E-state index in [1.54, 1.807) is 30.3 Å². The van der Waals surface area contributed by atoms with Crippen LogP contribution in [0.25, 0.3) is 0 Å². The van der Waals surface area contributed by atoms with Gasteiger partial charge in [0.15, 0.2) is 0 Å². The SMILES string of the molecule is CNC(=O)[C@@H]1CN(C(=O)c2ccccn2)CCN(C2CCOCC2)C1. The predicted octanol–water partition coefficient (Wildman–Crippen LogP) is 0.381. The molecule has 2 aliphatic heterocycles. The largest absolute Gasteiger partial charge is 0.381 e. The highest BCUT2D eigenvalue weighted by atomic mass is 16.5. The number of hydrogen-bond donors (Lipinski definition) is 1. The number of pyridine rings is 1. The van der Waals surface area contributed by atoms with Crippen molar-refractivity contribution < 1.29 is 14.3 Å². The van der Waals surface area contributed by atoms with Gasteiger partial charge >= 0.3 is 0 Å². The summed E-state index contributed by atoms with van der Waals surface area (Å²) in [4.78, 5) is 33.4. The van der Waals surface area contributed by atoms with Crippen molar-refractivity contribution >= 4 is 11.8 Å². The zero-order valence-electron chi connectivity index (χ0n) is 14.7. The summed E-state index contributed by atoms with van der Waals surface area (Å²) in [6.07, 6.45) is 3.58. The number of carbonyl (C=O) groups is 2. The van der Waals surface area contributed by atoms with Gasteiger partial charge < -0.3 is 15.0 Å². The first-order chi connectivity index (χ1) is 12.2. The van der Waals surface area contributed by atoms with E-state index < -0.39 is 0 Å². The molecule has 0 aromatic carbocycles. The lowest BCUT2D eigenvalue weighted by Crippen LogP contribution is -2.45.